The summed E-state index contributed by atoms with van der Waals surface area (Å²) in [6, 6.07) is 4.28. The van der Waals surface area contributed by atoms with Gasteiger partial charge in [-0.15, -0.1) is 11.3 Å². The van der Waals surface area contributed by atoms with E-state index in [4.69, 9.17) is 9.47 Å². The van der Waals surface area contributed by atoms with Crippen LogP contribution in [0.15, 0.2) is 24.5 Å². The number of aryl methyl sites for hydroxylation is 1. The Bertz CT molecular complexity index is 1090. The smallest absolute Gasteiger partial charge is 0.346 e. The molecule has 0 radical (unpaired) electrons. The molecule has 1 aromatic carbocycles. The van der Waals surface area contributed by atoms with Crippen LogP contribution in [0.4, 0.5) is 15.9 Å². The highest BCUT2D eigenvalue weighted by Gasteiger charge is 2.25. The van der Waals surface area contributed by atoms with Crippen molar-refractivity contribution in [3.05, 3.63) is 40.8 Å². The highest BCUT2D eigenvalue weighted by molar-refractivity contribution is 7.20. The molecule has 4 rings (SSSR count). The van der Waals surface area contributed by atoms with Crippen LogP contribution < -0.4 is 10.1 Å². The van der Waals surface area contributed by atoms with Gasteiger partial charge in [-0.25, -0.2) is 19.2 Å². The number of halogens is 1. The number of fused-ring (bicyclic) bond motifs is 1. The number of carbonyl (C=O) groups is 1. The number of thiophene rings is 1. The number of hydrogen-bond donors (Lipinski definition) is 2. The number of benzene rings is 1. The van der Waals surface area contributed by atoms with Crippen molar-refractivity contribution in [1.82, 2.24) is 9.97 Å². The topological polar surface area (TPSA) is 93.6 Å². The van der Waals surface area contributed by atoms with Gasteiger partial charge in [-0.2, -0.15) is 0 Å². The van der Waals surface area contributed by atoms with Gasteiger partial charge in [0.1, 0.15) is 39.5 Å². The van der Waals surface area contributed by atoms with Gasteiger partial charge in [0.15, 0.2) is 0 Å². The number of nitrogens with zero attached hydrogens (tertiary/aromatic N) is 2. The molecule has 2 atom stereocenters. The number of carboxylic acids is 1. The van der Waals surface area contributed by atoms with Crippen LogP contribution in [0, 0.1) is 12.7 Å². The number of nitrogens with one attached hydrogen (secondary N) is 1. The quantitative estimate of drug-likeness (QED) is 0.572. The minimum atomic E-state index is -1.00. The molecule has 0 spiro atoms. The Hall–Kier alpha value is -2.78. The molecule has 1 unspecified atom stereocenters. The van der Waals surface area contributed by atoms with Crippen LogP contribution in [0.1, 0.15) is 40.9 Å². The van der Waals surface area contributed by atoms with Crippen molar-refractivity contribution in [3.63, 3.8) is 0 Å². The number of anilines is 2. The second-order valence-electron chi connectivity index (χ2n) is 7.29. The summed E-state index contributed by atoms with van der Waals surface area (Å²) in [5.41, 5.74) is 1.14. The summed E-state index contributed by atoms with van der Waals surface area (Å²) in [5.74, 6) is -0.564. The fraction of sp³-hybridized carbons (Fsp3) is 0.381. The maximum atomic E-state index is 14.0. The predicted octanol–water partition coefficient (Wildman–Crippen LogP) is 4.92. The first-order chi connectivity index (χ1) is 14.5. The van der Waals surface area contributed by atoms with E-state index in [1.54, 1.807) is 20.1 Å². The average molecular weight is 431 g/mol. The second-order valence-corrected chi connectivity index (χ2v) is 8.29. The molecule has 1 saturated carbocycles. The monoisotopic (exact) mass is 431 g/mol. The summed E-state index contributed by atoms with van der Waals surface area (Å²) in [5, 5.41) is 13.2. The molecule has 3 aromatic rings. The van der Waals surface area contributed by atoms with Gasteiger partial charge >= 0.3 is 5.97 Å². The number of ether oxygens (including phenoxy) is 2. The Morgan fingerprint density at radius 3 is 2.87 bits per heavy atom. The summed E-state index contributed by atoms with van der Waals surface area (Å²) in [7, 11) is 1.69. The lowest BCUT2D eigenvalue weighted by molar-refractivity contribution is 0.0211. The molecule has 2 N–H and O–H groups in total. The van der Waals surface area contributed by atoms with Crippen molar-refractivity contribution < 1.29 is 23.8 Å². The molecular weight excluding hydrogens is 409 g/mol. The Labute approximate surface area is 176 Å². The Morgan fingerprint density at radius 2 is 2.10 bits per heavy atom. The van der Waals surface area contributed by atoms with Gasteiger partial charge in [-0.05, 0) is 43.9 Å². The Balaban J connectivity index is 1.66. The fourth-order valence-electron chi connectivity index (χ4n) is 3.80. The van der Waals surface area contributed by atoms with Crippen LogP contribution in [0.25, 0.3) is 10.2 Å². The number of aromatic nitrogens is 2. The van der Waals surface area contributed by atoms with E-state index in [1.165, 1.54) is 18.5 Å². The van der Waals surface area contributed by atoms with Gasteiger partial charge in [-0.3, -0.25) is 0 Å². The zero-order valence-electron chi connectivity index (χ0n) is 16.6. The van der Waals surface area contributed by atoms with Crippen molar-refractivity contribution in [3.8, 4) is 5.75 Å². The predicted molar refractivity (Wildman–Crippen MR) is 112 cm³/mol. The number of rotatable bonds is 6. The maximum absolute atomic E-state index is 14.0. The first-order valence-corrected chi connectivity index (χ1v) is 10.5. The van der Waals surface area contributed by atoms with Crippen molar-refractivity contribution in [2.75, 3.05) is 12.4 Å². The molecule has 0 aliphatic heterocycles. The van der Waals surface area contributed by atoms with Gasteiger partial charge in [0.2, 0.25) is 0 Å². The molecule has 1 fully saturated rings. The third kappa shape index (κ3) is 4.08. The molecule has 1 aliphatic carbocycles. The van der Waals surface area contributed by atoms with Gasteiger partial charge in [0, 0.05) is 19.6 Å². The summed E-state index contributed by atoms with van der Waals surface area (Å²) >= 11 is 1.10. The van der Waals surface area contributed by atoms with E-state index in [0.29, 0.717) is 33.0 Å². The van der Waals surface area contributed by atoms with Crippen LogP contribution in [0.3, 0.4) is 0 Å². The van der Waals surface area contributed by atoms with E-state index < -0.39 is 11.8 Å². The van der Waals surface area contributed by atoms with Crippen LogP contribution in [-0.2, 0) is 4.74 Å². The molecule has 30 heavy (non-hydrogen) atoms. The molecular formula is C21H22FN3O4S. The minimum Gasteiger partial charge on any atom is -0.488 e. The highest BCUT2D eigenvalue weighted by Crippen LogP contribution is 2.37. The lowest BCUT2D eigenvalue weighted by atomic mass is 9.95. The van der Waals surface area contributed by atoms with Crippen LogP contribution in [0.5, 0.6) is 5.75 Å². The third-order valence-electron chi connectivity index (χ3n) is 5.32. The molecule has 0 saturated heterocycles. The normalized spacial score (nSPS) is 19.0. The maximum Gasteiger partial charge on any atom is 0.346 e. The summed E-state index contributed by atoms with van der Waals surface area (Å²) < 4.78 is 25.6. The zero-order chi connectivity index (χ0) is 21.3. The lowest BCUT2D eigenvalue weighted by Gasteiger charge is -2.29. The first-order valence-electron chi connectivity index (χ1n) is 9.69. The fourth-order valence-corrected chi connectivity index (χ4v) is 4.79. The van der Waals surface area contributed by atoms with E-state index in [2.05, 4.69) is 15.3 Å². The zero-order valence-corrected chi connectivity index (χ0v) is 17.5. The standard InChI is InChI=1S/C21H22FN3O4S/c1-11-17-19(23-10-24-20(17)30-18(11)21(26)27)25-15-7-6-12(22)8-16(15)29-14-5-3-4-13(9-14)28-2/h6-8,10,13-14H,3-5,9H2,1-2H3,(H,26,27)(H,23,24,25)/t13-,14?/m1/s1. The molecule has 2 aromatic heterocycles. The number of hydrogen-bond acceptors (Lipinski definition) is 7. The summed E-state index contributed by atoms with van der Waals surface area (Å²) in [6.45, 7) is 1.73. The SMILES string of the molecule is CO[C@@H]1CCCC(Oc2cc(F)ccc2Nc2ncnc3sc(C(=O)O)c(C)c23)C1. The van der Waals surface area contributed by atoms with Crippen molar-refractivity contribution in [2.24, 2.45) is 0 Å². The molecule has 0 amide bonds. The Kier molecular flexibility index (Phi) is 5.83. The lowest BCUT2D eigenvalue weighted by Crippen LogP contribution is -2.29. The third-order valence-corrected chi connectivity index (χ3v) is 6.51. The van der Waals surface area contributed by atoms with Crippen molar-refractivity contribution >= 4 is 39.0 Å². The van der Waals surface area contributed by atoms with Gasteiger partial charge in [-0.1, -0.05) is 0 Å². The minimum absolute atomic E-state index is 0.0713. The van der Waals surface area contributed by atoms with E-state index in [0.717, 1.165) is 37.0 Å². The number of aromatic carboxylic acids is 1. The van der Waals surface area contributed by atoms with E-state index in [9.17, 15) is 14.3 Å². The molecule has 0 bridgehead atoms. The largest absolute Gasteiger partial charge is 0.488 e. The van der Waals surface area contributed by atoms with Crippen LogP contribution in [-0.4, -0.2) is 40.4 Å². The molecule has 2 heterocycles. The average Bonchev–Trinajstić information content (AvgIpc) is 3.08. The van der Waals surface area contributed by atoms with Crippen molar-refractivity contribution in [2.45, 2.75) is 44.8 Å². The number of carboxylic acid groups (broad SMARTS) is 1. The highest BCUT2D eigenvalue weighted by atomic mass is 32.1. The summed E-state index contributed by atoms with van der Waals surface area (Å²) in [4.78, 5) is 20.8. The Morgan fingerprint density at radius 1 is 1.30 bits per heavy atom. The number of methoxy groups -OCH3 is 1. The summed E-state index contributed by atoms with van der Waals surface area (Å²) in [6.07, 6.45) is 5.04. The van der Waals surface area contributed by atoms with Crippen LogP contribution >= 0.6 is 11.3 Å². The molecule has 9 heteroatoms. The second kappa shape index (κ2) is 8.53. The first kappa shape index (κ1) is 20.5. The molecule has 1 aliphatic rings. The molecule has 158 valence electrons. The van der Waals surface area contributed by atoms with Gasteiger partial charge < -0.3 is 19.9 Å². The van der Waals surface area contributed by atoms with Gasteiger partial charge in [0.05, 0.1) is 17.2 Å². The van der Waals surface area contributed by atoms with E-state index >= 15 is 0 Å². The van der Waals surface area contributed by atoms with E-state index in [1.807, 2.05) is 0 Å². The van der Waals surface area contributed by atoms with E-state index in [-0.39, 0.29) is 17.1 Å². The van der Waals surface area contributed by atoms with Crippen LogP contribution in [0.2, 0.25) is 0 Å². The van der Waals surface area contributed by atoms with Crippen molar-refractivity contribution in [1.29, 1.82) is 0 Å². The molecule has 7 nitrogen and oxygen atoms in total. The van der Waals surface area contributed by atoms with Gasteiger partial charge in [0.25, 0.3) is 0 Å².